The third kappa shape index (κ3) is 3.66. The highest BCUT2D eigenvalue weighted by atomic mass is 35.5. The molecule has 0 spiro atoms. The van der Waals surface area contributed by atoms with Gasteiger partial charge in [-0.3, -0.25) is 19.8 Å². The molecule has 156 valence electrons. The van der Waals surface area contributed by atoms with Crippen LogP contribution in [0.25, 0.3) is 11.8 Å². The second kappa shape index (κ2) is 7.93. The van der Waals surface area contributed by atoms with Crippen molar-refractivity contribution in [3.63, 3.8) is 0 Å². The smallest absolute Gasteiger partial charge is 0.318 e. The lowest BCUT2D eigenvalue weighted by Crippen LogP contribution is -2.57. The van der Waals surface area contributed by atoms with Crippen LogP contribution in [-0.4, -0.2) is 33.4 Å². The molecule has 1 aromatic carbocycles. The van der Waals surface area contributed by atoms with Crippen molar-refractivity contribution in [3.8, 4) is 5.69 Å². The molecule has 0 atom stereocenters. The van der Waals surface area contributed by atoms with E-state index in [2.05, 4.69) is 5.32 Å². The van der Waals surface area contributed by atoms with Gasteiger partial charge >= 0.3 is 6.03 Å². The first kappa shape index (κ1) is 20.7. The molecule has 2 fully saturated rings. The summed E-state index contributed by atoms with van der Waals surface area (Å²) in [6.45, 7) is 3.81. The molecule has 1 aliphatic heterocycles. The number of amides is 4. The van der Waals surface area contributed by atoms with Gasteiger partial charge in [0.15, 0.2) is 0 Å². The Morgan fingerprint density at radius 2 is 1.63 bits per heavy atom. The predicted octanol–water partition coefficient (Wildman–Crippen LogP) is 4.81. The van der Waals surface area contributed by atoms with Crippen LogP contribution in [0.4, 0.5) is 4.79 Å². The number of carbonyl (C=O) groups excluding carboxylic acids is 3. The quantitative estimate of drug-likeness (QED) is 0.544. The van der Waals surface area contributed by atoms with Crippen LogP contribution in [0.1, 0.15) is 42.6 Å². The van der Waals surface area contributed by atoms with Crippen molar-refractivity contribution in [1.82, 2.24) is 14.8 Å². The minimum atomic E-state index is -0.671. The van der Waals surface area contributed by atoms with E-state index in [0.29, 0.717) is 15.6 Å². The molecule has 2 aromatic rings. The lowest BCUT2D eigenvalue weighted by molar-refractivity contribution is -0.131. The van der Waals surface area contributed by atoms with Gasteiger partial charge in [0.25, 0.3) is 11.8 Å². The Balaban J connectivity index is 1.74. The molecular formula is C22H21Cl2N3O3. The summed E-state index contributed by atoms with van der Waals surface area (Å²) in [7, 11) is 0. The van der Waals surface area contributed by atoms with Crippen molar-refractivity contribution in [1.29, 1.82) is 0 Å². The van der Waals surface area contributed by atoms with Gasteiger partial charge in [-0.1, -0.05) is 36.0 Å². The second-order valence-electron chi connectivity index (χ2n) is 7.72. The molecule has 2 aliphatic rings. The van der Waals surface area contributed by atoms with Gasteiger partial charge in [0.1, 0.15) is 5.57 Å². The summed E-state index contributed by atoms with van der Waals surface area (Å²) in [5.41, 5.74) is 3.18. The third-order valence-corrected chi connectivity index (χ3v) is 6.14. The van der Waals surface area contributed by atoms with Gasteiger partial charge in [0.2, 0.25) is 0 Å². The number of urea groups is 1. The van der Waals surface area contributed by atoms with Crippen molar-refractivity contribution >= 4 is 47.1 Å². The van der Waals surface area contributed by atoms with E-state index in [1.165, 1.54) is 4.90 Å². The first-order valence-corrected chi connectivity index (χ1v) is 10.6. The maximum atomic E-state index is 13.0. The maximum Gasteiger partial charge on any atom is 0.331 e. The highest BCUT2D eigenvalue weighted by Gasteiger charge is 2.40. The summed E-state index contributed by atoms with van der Waals surface area (Å²) in [5, 5.41) is 3.33. The first-order chi connectivity index (χ1) is 14.3. The van der Waals surface area contributed by atoms with Crippen LogP contribution in [0, 0.1) is 13.8 Å². The number of hydrogen-bond donors (Lipinski definition) is 1. The summed E-state index contributed by atoms with van der Waals surface area (Å²) in [4.78, 5) is 39.0. The largest absolute Gasteiger partial charge is 0.331 e. The molecule has 6 nitrogen and oxygen atoms in total. The minimum absolute atomic E-state index is 0.0362. The topological polar surface area (TPSA) is 71.4 Å². The summed E-state index contributed by atoms with van der Waals surface area (Å²) < 4.78 is 1.95. The average Bonchev–Trinajstić information content (AvgIpc) is 3.26. The van der Waals surface area contributed by atoms with E-state index in [1.807, 2.05) is 24.5 Å². The Hall–Kier alpha value is -2.57. The number of rotatable bonds is 3. The van der Waals surface area contributed by atoms with Crippen LogP contribution in [-0.2, 0) is 9.59 Å². The molecular weight excluding hydrogens is 425 g/mol. The normalized spacial score (nSPS) is 19.1. The number of nitrogens with one attached hydrogen (secondary N) is 1. The number of nitrogens with zero attached hydrogens (tertiary/aromatic N) is 2. The molecule has 1 saturated carbocycles. The van der Waals surface area contributed by atoms with Gasteiger partial charge in [-0.15, -0.1) is 0 Å². The highest BCUT2D eigenvalue weighted by molar-refractivity contribution is 6.35. The fourth-order valence-corrected chi connectivity index (χ4v) is 4.83. The first-order valence-electron chi connectivity index (χ1n) is 9.82. The Labute approximate surface area is 184 Å². The fourth-order valence-electron chi connectivity index (χ4n) is 4.32. The van der Waals surface area contributed by atoms with Crippen molar-refractivity contribution in [2.75, 3.05) is 0 Å². The standard InChI is InChI=1S/C22H21Cl2N3O3/c1-12-7-14(13(2)26(12)18-10-15(23)9-16(24)11-18)8-19-20(28)25-22(30)27(21(19)29)17-5-3-4-6-17/h7-11,17H,3-6H2,1-2H3,(H,25,28,30)/b19-8-. The number of imide groups is 2. The summed E-state index contributed by atoms with van der Waals surface area (Å²) in [5.74, 6) is -1.21. The van der Waals surface area contributed by atoms with Crippen molar-refractivity contribution < 1.29 is 14.4 Å². The van der Waals surface area contributed by atoms with Crippen LogP contribution in [0.3, 0.4) is 0 Å². The molecule has 1 aliphatic carbocycles. The average molecular weight is 446 g/mol. The molecule has 1 saturated heterocycles. The highest BCUT2D eigenvalue weighted by Crippen LogP contribution is 2.30. The van der Waals surface area contributed by atoms with Crippen molar-refractivity contribution in [3.05, 3.63) is 56.8 Å². The minimum Gasteiger partial charge on any atom is -0.318 e. The van der Waals surface area contributed by atoms with E-state index in [0.717, 1.165) is 42.8 Å². The number of carbonyl (C=O) groups is 3. The number of aryl methyl sites for hydroxylation is 1. The SMILES string of the molecule is Cc1cc(/C=C2/C(=O)NC(=O)N(C3CCCC3)C2=O)c(C)n1-c1cc(Cl)cc(Cl)c1. The number of halogens is 2. The van der Waals surface area contributed by atoms with Crippen LogP contribution in [0.5, 0.6) is 0 Å². The van der Waals surface area contributed by atoms with E-state index < -0.39 is 17.8 Å². The van der Waals surface area contributed by atoms with E-state index in [4.69, 9.17) is 23.2 Å². The third-order valence-electron chi connectivity index (χ3n) is 5.70. The van der Waals surface area contributed by atoms with Crippen molar-refractivity contribution in [2.24, 2.45) is 0 Å². The molecule has 4 rings (SSSR count). The molecule has 0 bridgehead atoms. The zero-order chi connectivity index (χ0) is 21.6. The lowest BCUT2D eigenvalue weighted by atomic mass is 10.1. The fraction of sp³-hybridized carbons (Fsp3) is 0.318. The van der Waals surface area contributed by atoms with Gasteiger partial charge in [-0.05, 0) is 62.6 Å². The molecule has 1 N–H and O–H groups in total. The van der Waals surface area contributed by atoms with Gasteiger partial charge in [0, 0.05) is 33.2 Å². The molecule has 4 amide bonds. The lowest BCUT2D eigenvalue weighted by Gasteiger charge is -2.31. The Kier molecular flexibility index (Phi) is 5.47. The van der Waals surface area contributed by atoms with Crippen LogP contribution in [0.2, 0.25) is 10.0 Å². The zero-order valence-corrected chi connectivity index (χ0v) is 18.2. The number of hydrogen-bond acceptors (Lipinski definition) is 3. The molecule has 1 aromatic heterocycles. The molecule has 30 heavy (non-hydrogen) atoms. The summed E-state index contributed by atoms with van der Waals surface area (Å²) >= 11 is 12.3. The predicted molar refractivity (Wildman–Crippen MR) is 116 cm³/mol. The van der Waals surface area contributed by atoms with Crippen molar-refractivity contribution in [2.45, 2.75) is 45.6 Å². The zero-order valence-electron chi connectivity index (χ0n) is 16.7. The van der Waals surface area contributed by atoms with E-state index in [-0.39, 0.29) is 11.6 Å². The Bertz CT molecular complexity index is 1080. The van der Waals surface area contributed by atoms with Gasteiger partial charge in [-0.25, -0.2) is 4.79 Å². The number of benzene rings is 1. The second-order valence-corrected chi connectivity index (χ2v) is 8.59. The molecule has 2 heterocycles. The van der Waals surface area contributed by atoms with Gasteiger partial charge in [-0.2, -0.15) is 0 Å². The summed E-state index contributed by atoms with van der Waals surface area (Å²) in [6, 6.07) is 6.34. The maximum absolute atomic E-state index is 13.0. The van der Waals surface area contributed by atoms with E-state index >= 15 is 0 Å². The monoisotopic (exact) mass is 445 g/mol. The summed E-state index contributed by atoms with van der Waals surface area (Å²) in [6.07, 6.45) is 5.03. The van der Waals surface area contributed by atoms with Crippen LogP contribution < -0.4 is 5.32 Å². The van der Waals surface area contributed by atoms with Gasteiger partial charge < -0.3 is 4.57 Å². The Morgan fingerprint density at radius 3 is 2.27 bits per heavy atom. The van der Waals surface area contributed by atoms with E-state index in [1.54, 1.807) is 24.3 Å². The van der Waals surface area contributed by atoms with Gasteiger partial charge in [0.05, 0.1) is 0 Å². The number of aromatic nitrogens is 1. The molecule has 0 unspecified atom stereocenters. The van der Waals surface area contributed by atoms with Crippen LogP contribution in [0.15, 0.2) is 29.8 Å². The van der Waals surface area contributed by atoms with E-state index in [9.17, 15) is 14.4 Å². The Morgan fingerprint density at radius 1 is 1.00 bits per heavy atom. The number of barbiturate groups is 1. The molecule has 0 radical (unpaired) electrons. The van der Waals surface area contributed by atoms with Crippen LogP contribution >= 0.6 is 23.2 Å². The molecule has 8 heteroatoms.